The maximum absolute atomic E-state index is 5.31. The average molecular weight is 226 g/mol. The molecule has 0 heterocycles. The first-order valence-electron chi connectivity index (χ1n) is 5.75. The second kappa shape index (κ2) is 14.1. The lowest BCUT2D eigenvalue weighted by molar-refractivity contribution is 0.0725. The molecular weight excluding hydrogens is 200 g/mol. The summed E-state index contributed by atoms with van der Waals surface area (Å²) in [6, 6.07) is 0. The van der Waals surface area contributed by atoms with Crippen LogP contribution in [0.4, 0.5) is 0 Å². The highest BCUT2D eigenvalue weighted by Gasteiger charge is 1.90. The normalized spacial score (nSPS) is 9.75. The Morgan fingerprint density at radius 3 is 2.19 bits per heavy atom. The summed E-state index contributed by atoms with van der Waals surface area (Å²) in [5, 5.41) is 0. The van der Waals surface area contributed by atoms with E-state index in [2.05, 4.69) is 13.2 Å². The smallest absolute Gasteiger partial charge is 0.0700 e. The van der Waals surface area contributed by atoms with Gasteiger partial charge in [-0.2, -0.15) is 0 Å². The van der Waals surface area contributed by atoms with Gasteiger partial charge in [0.2, 0.25) is 0 Å². The van der Waals surface area contributed by atoms with Crippen molar-refractivity contribution < 1.29 is 9.47 Å². The summed E-state index contributed by atoms with van der Waals surface area (Å²) in [6.07, 6.45) is 4.78. The number of hydrogen-bond acceptors (Lipinski definition) is 2. The quantitative estimate of drug-likeness (QED) is 0.463. The highest BCUT2D eigenvalue weighted by Crippen LogP contribution is 2.02. The fraction of sp³-hybridized carbons (Fsp3) is 0.571. The Morgan fingerprint density at radius 1 is 1.06 bits per heavy atom. The predicted octanol–water partition coefficient (Wildman–Crippen LogP) is 3.75. The number of ether oxygens (including phenoxy) is 2. The van der Waals surface area contributed by atoms with Gasteiger partial charge in [0.15, 0.2) is 0 Å². The van der Waals surface area contributed by atoms with E-state index in [-0.39, 0.29) is 0 Å². The van der Waals surface area contributed by atoms with Gasteiger partial charge in [0.05, 0.1) is 19.8 Å². The fourth-order valence-corrected chi connectivity index (χ4v) is 0.791. The van der Waals surface area contributed by atoms with Gasteiger partial charge in [-0.25, -0.2) is 0 Å². The molecule has 16 heavy (non-hydrogen) atoms. The molecule has 94 valence electrons. The molecule has 0 aliphatic rings. The minimum absolute atomic E-state index is 0.647. The van der Waals surface area contributed by atoms with Crippen molar-refractivity contribution in [1.82, 2.24) is 0 Å². The second-order valence-electron chi connectivity index (χ2n) is 3.19. The summed E-state index contributed by atoms with van der Waals surface area (Å²) in [5.74, 6) is 0. The van der Waals surface area contributed by atoms with Gasteiger partial charge in [0.1, 0.15) is 0 Å². The SMILES string of the molecule is C=C(C)/C=C\C(=C)CCOCCOC.CC. The lowest BCUT2D eigenvalue weighted by Crippen LogP contribution is -2.03. The summed E-state index contributed by atoms with van der Waals surface area (Å²) in [6.45, 7) is 15.6. The van der Waals surface area contributed by atoms with E-state index in [0.717, 1.165) is 17.6 Å². The Morgan fingerprint density at radius 2 is 1.69 bits per heavy atom. The van der Waals surface area contributed by atoms with Crippen molar-refractivity contribution in [2.24, 2.45) is 0 Å². The molecule has 0 bridgehead atoms. The van der Waals surface area contributed by atoms with Gasteiger partial charge >= 0.3 is 0 Å². The summed E-state index contributed by atoms with van der Waals surface area (Å²) in [7, 11) is 1.66. The van der Waals surface area contributed by atoms with Crippen LogP contribution < -0.4 is 0 Å². The van der Waals surface area contributed by atoms with E-state index in [1.165, 1.54) is 0 Å². The summed E-state index contributed by atoms with van der Waals surface area (Å²) >= 11 is 0. The fourth-order valence-electron chi connectivity index (χ4n) is 0.791. The molecule has 0 fully saturated rings. The van der Waals surface area contributed by atoms with Gasteiger partial charge < -0.3 is 9.47 Å². The molecule has 2 nitrogen and oxygen atoms in total. The summed E-state index contributed by atoms with van der Waals surface area (Å²) in [4.78, 5) is 0. The van der Waals surface area contributed by atoms with Crippen molar-refractivity contribution in [3.63, 3.8) is 0 Å². The number of allylic oxidation sites excluding steroid dienone is 3. The standard InChI is InChI=1S/C12H20O2.C2H6/c1-11(2)5-6-12(3)7-8-14-10-9-13-4;1-2/h5-6H,1,3,7-10H2,2,4H3;1-2H3/b6-5-;. The zero-order chi connectivity index (χ0) is 12.8. The Labute approximate surface area is 101 Å². The first-order chi connectivity index (χ1) is 7.66. The predicted molar refractivity (Wildman–Crippen MR) is 71.8 cm³/mol. The Hall–Kier alpha value is -0.860. The molecule has 0 saturated heterocycles. The number of methoxy groups -OCH3 is 1. The highest BCUT2D eigenvalue weighted by molar-refractivity contribution is 5.22. The molecule has 0 aromatic carbocycles. The van der Waals surface area contributed by atoms with Crippen LogP contribution in [-0.4, -0.2) is 26.9 Å². The first kappa shape index (κ1) is 17.5. The van der Waals surface area contributed by atoms with Crippen molar-refractivity contribution in [1.29, 1.82) is 0 Å². The van der Waals surface area contributed by atoms with Gasteiger partial charge in [-0.15, -0.1) is 0 Å². The zero-order valence-electron chi connectivity index (χ0n) is 11.2. The molecule has 0 saturated carbocycles. The van der Waals surface area contributed by atoms with E-state index >= 15 is 0 Å². The molecule has 0 atom stereocenters. The minimum Gasteiger partial charge on any atom is -0.382 e. The van der Waals surface area contributed by atoms with E-state index in [4.69, 9.17) is 9.47 Å². The summed E-state index contributed by atoms with van der Waals surface area (Å²) < 4.78 is 10.2. The lowest BCUT2D eigenvalue weighted by Gasteiger charge is -2.03. The van der Waals surface area contributed by atoms with E-state index in [1.54, 1.807) is 7.11 Å². The Bertz CT molecular complexity index is 205. The third kappa shape index (κ3) is 15.6. The highest BCUT2D eigenvalue weighted by atomic mass is 16.5. The molecule has 0 rings (SSSR count). The molecule has 0 spiro atoms. The van der Waals surface area contributed by atoms with E-state index in [9.17, 15) is 0 Å². The summed E-state index contributed by atoms with van der Waals surface area (Å²) in [5.41, 5.74) is 2.09. The van der Waals surface area contributed by atoms with Crippen LogP contribution in [0.3, 0.4) is 0 Å². The molecule has 0 radical (unpaired) electrons. The van der Waals surface area contributed by atoms with Gasteiger partial charge in [-0.3, -0.25) is 0 Å². The van der Waals surface area contributed by atoms with Crippen LogP contribution in [0.25, 0.3) is 0 Å². The van der Waals surface area contributed by atoms with Crippen LogP contribution >= 0.6 is 0 Å². The molecule has 0 aromatic rings. The molecule has 0 unspecified atom stereocenters. The van der Waals surface area contributed by atoms with Crippen LogP contribution in [0.5, 0.6) is 0 Å². The van der Waals surface area contributed by atoms with E-state index in [0.29, 0.717) is 19.8 Å². The van der Waals surface area contributed by atoms with Gasteiger partial charge in [0, 0.05) is 7.11 Å². The van der Waals surface area contributed by atoms with E-state index in [1.807, 2.05) is 32.9 Å². The van der Waals surface area contributed by atoms with Crippen molar-refractivity contribution in [2.45, 2.75) is 27.2 Å². The molecular formula is C14H26O2. The van der Waals surface area contributed by atoms with Gasteiger partial charge in [0.25, 0.3) is 0 Å². The molecule has 0 aliphatic carbocycles. The van der Waals surface area contributed by atoms with Crippen LogP contribution in [0, 0.1) is 0 Å². The van der Waals surface area contributed by atoms with Crippen LogP contribution in [0.1, 0.15) is 27.2 Å². The van der Waals surface area contributed by atoms with Gasteiger partial charge in [-0.05, 0) is 13.3 Å². The van der Waals surface area contributed by atoms with Crippen molar-refractivity contribution in [2.75, 3.05) is 26.9 Å². The largest absolute Gasteiger partial charge is 0.382 e. The molecule has 0 amide bonds. The number of hydrogen-bond donors (Lipinski definition) is 0. The van der Waals surface area contributed by atoms with Crippen LogP contribution in [0.2, 0.25) is 0 Å². The minimum atomic E-state index is 0.647. The van der Waals surface area contributed by atoms with E-state index < -0.39 is 0 Å². The maximum atomic E-state index is 5.31. The van der Waals surface area contributed by atoms with Crippen molar-refractivity contribution in [3.8, 4) is 0 Å². The second-order valence-corrected chi connectivity index (χ2v) is 3.19. The zero-order valence-corrected chi connectivity index (χ0v) is 11.2. The average Bonchev–Trinajstić information content (AvgIpc) is 2.29. The first-order valence-corrected chi connectivity index (χ1v) is 5.75. The number of rotatable bonds is 8. The van der Waals surface area contributed by atoms with Crippen molar-refractivity contribution in [3.05, 3.63) is 36.5 Å². The van der Waals surface area contributed by atoms with Crippen LogP contribution in [-0.2, 0) is 9.47 Å². The molecule has 0 aliphatic heterocycles. The Balaban J connectivity index is 0. The van der Waals surface area contributed by atoms with Gasteiger partial charge in [-0.1, -0.05) is 50.3 Å². The topological polar surface area (TPSA) is 18.5 Å². The maximum Gasteiger partial charge on any atom is 0.0700 e. The molecule has 0 aromatic heterocycles. The van der Waals surface area contributed by atoms with Crippen LogP contribution in [0.15, 0.2) is 36.5 Å². The Kier molecular flexibility index (Phi) is 15.5. The molecule has 2 heteroatoms. The van der Waals surface area contributed by atoms with Crippen molar-refractivity contribution >= 4 is 0 Å². The third-order valence-corrected chi connectivity index (χ3v) is 1.60. The lowest BCUT2D eigenvalue weighted by atomic mass is 10.2. The third-order valence-electron chi connectivity index (χ3n) is 1.60. The monoisotopic (exact) mass is 226 g/mol. The molecule has 0 N–H and O–H groups in total.